The number of nitrogens with zero attached hydrogens (tertiary/aromatic N) is 3. The Morgan fingerprint density at radius 2 is 1.54 bits per heavy atom. The summed E-state index contributed by atoms with van der Waals surface area (Å²) in [5.74, 6) is 1.25. The monoisotopic (exact) mass is 500 g/mol. The summed E-state index contributed by atoms with van der Waals surface area (Å²) < 4.78 is 30.8. The smallest absolute Gasteiger partial charge is 0.240 e. The second kappa shape index (κ2) is 10.0. The van der Waals surface area contributed by atoms with Crippen molar-refractivity contribution in [2.24, 2.45) is 0 Å². The van der Waals surface area contributed by atoms with Crippen molar-refractivity contribution in [1.29, 1.82) is 0 Å². The largest absolute Gasteiger partial charge is 0.273 e. The van der Waals surface area contributed by atoms with E-state index in [-0.39, 0.29) is 11.4 Å². The van der Waals surface area contributed by atoms with E-state index >= 15 is 0 Å². The van der Waals surface area contributed by atoms with Gasteiger partial charge in [0.25, 0.3) is 0 Å². The van der Waals surface area contributed by atoms with Crippen LogP contribution in [0.3, 0.4) is 0 Å². The number of hydrogen-bond donors (Lipinski definition) is 1. The van der Waals surface area contributed by atoms with Gasteiger partial charge in [-0.05, 0) is 47.5 Å². The number of benzene rings is 4. The average Bonchev–Trinajstić information content (AvgIpc) is 3.30. The van der Waals surface area contributed by atoms with Gasteiger partial charge in [0.15, 0.2) is 11.0 Å². The van der Waals surface area contributed by atoms with Crippen LogP contribution in [0.2, 0.25) is 0 Å². The van der Waals surface area contributed by atoms with Gasteiger partial charge >= 0.3 is 0 Å². The van der Waals surface area contributed by atoms with Crippen molar-refractivity contribution in [1.82, 2.24) is 19.5 Å². The maximum atomic E-state index is 13.1. The Morgan fingerprint density at radius 1 is 0.829 bits per heavy atom. The van der Waals surface area contributed by atoms with Crippen LogP contribution in [0.5, 0.6) is 0 Å². The van der Waals surface area contributed by atoms with Crippen LogP contribution in [0, 0.1) is 6.92 Å². The van der Waals surface area contributed by atoms with Gasteiger partial charge in [0.2, 0.25) is 10.0 Å². The van der Waals surface area contributed by atoms with Gasteiger partial charge in [-0.2, -0.15) is 0 Å². The standard InChI is InChI=1S/C27H24N4O2S2/c1-20-11-14-24(15-12-20)31-26(29-30-27(31)34-19-21-7-3-2-4-8-21)18-28-35(32,33)25-16-13-22-9-5-6-10-23(22)17-25/h2-17,28H,18-19H2,1H3. The molecule has 0 spiro atoms. The van der Waals surface area contributed by atoms with E-state index in [1.165, 1.54) is 5.56 Å². The highest BCUT2D eigenvalue weighted by Gasteiger charge is 2.19. The number of fused-ring (bicyclic) bond motifs is 1. The van der Waals surface area contributed by atoms with E-state index < -0.39 is 10.0 Å². The van der Waals surface area contributed by atoms with Gasteiger partial charge in [0.1, 0.15) is 0 Å². The zero-order valence-corrected chi connectivity index (χ0v) is 20.8. The van der Waals surface area contributed by atoms with Crippen LogP contribution >= 0.6 is 11.8 Å². The second-order valence-electron chi connectivity index (χ2n) is 8.18. The van der Waals surface area contributed by atoms with E-state index in [1.807, 2.05) is 84.3 Å². The first-order chi connectivity index (χ1) is 17.0. The molecule has 0 amide bonds. The van der Waals surface area contributed by atoms with Gasteiger partial charge in [0.05, 0.1) is 11.4 Å². The third-order valence-corrected chi connectivity index (χ3v) is 8.05. The van der Waals surface area contributed by atoms with Crippen LogP contribution in [0.4, 0.5) is 0 Å². The molecule has 0 unspecified atom stereocenters. The molecular formula is C27H24N4O2S2. The average molecular weight is 501 g/mol. The summed E-state index contributed by atoms with van der Waals surface area (Å²) >= 11 is 1.56. The Balaban J connectivity index is 1.42. The molecule has 0 radical (unpaired) electrons. The lowest BCUT2D eigenvalue weighted by atomic mass is 10.1. The van der Waals surface area contributed by atoms with Crippen molar-refractivity contribution in [2.75, 3.05) is 0 Å². The molecule has 0 atom stereocenters. The van der Waals surface area contributed by atoms with E-state index in [0.717, 1.165) is 27.8 Å². The molecule has 5 rings (SSSR count). The minimum atomic E-state index is -3.74. The zero-order chi connectivity index (χ0) is 24.3. The molecule has 8 heteroatoms. The van der Waals surface area contributed by atoms with Crippen LogP contribution in [0.25, 0.3) is 16.5 Å². The molecule has 0 aliphatic carbocycles. The molecule has 5 aromatic rings. The van der Waals surface area contributed by atoms with Crippen molar-refractivity contribution in [2.45, 2.75) is 29.3 Å². The summed E-state index contributed by atoms with van der Waals surface area (Å²) in [7, 11) is -3.74. The molecule has 0 fully saturated rings. The molecule has 35 heavy (non-hydrogen) atoms. The highest BCUT2D eigenvalue weighted by atomic mass is 32.2. The third-order valence-electron chi connectivity index (χ3n) is 5.65. The van der Waals surface area contributed by atoms with Crippen LogP contribution < -0.4 is 4.72 Å². The Morgan fingerprint density at radius 3 is 2.31 bits per heavy atom. The molecule has 1 aromatic heterocycles. The van der Waals surface area contributed by atoms with E-state index in [0.29, 0.717) is 11.0 Å². The number of aromatic nitrogens is 3. The first-order valence-corrected chi connectivity index (χ1v) is 13.6. The van der Waals surface area contributed by atoms with E-state index in [4.69, 9.17) is 0 Å². The van der Waals surface area contributed by atoms with E-state index in [1.54, 1.807) is 23.9 Å². The van der Waals surface area contributed by atoms with Gasteiger partial charge in [-0.25, -0.2) is 13.1 Å². The van der Waals surface area contributed by atoms with Crippen molar-refractivity contribution in [3.05, 3.63) is 114 Å². The first-order valence-electron chi connectivity index (χ1n) is 11.2. The summed E-state index contributed by atoms with van der Waals surface area (Å²) in [4.78, 5) is 0.219. The fourth-order valence-corrected chi connectivity index (χ4v) is 5.70. The maximum Gasteiger partial charge on any atom is 0.240 e. The van der Waals surface area contributed by atoms with Gasteiger partial charge in [-0.15, -0.1) is 10.2 Å². The normalized spacial score (nSPS) is 11.7. The molecule has 176 valence electrons. The summed E-state index contributed by atoms with van der Waals surface area (Å²) in [5.41, 5.74) is 3.20. The Hall–Kier alpha value is -3.46. The Labute approximate surface area is 209 Å². The minimum absolute atomic E-state index is 0.0158. The number of hydrogen-bond acceptors (Lipinski definition) is 5. The summed E-state index contributed by atoms with van der Waals surface area (Å²) in [6, 6.07) is 31.0. The van der Waals surface area contributed by atoms with Crippen LogP contribution in [0.1, 0.15) is 17.0 Å². The van der Waals surface area contributed by atoms with Crippen LogP contribution in [-0.2, 0) is 22.3 Å². The first kappa shape index (κ1) is 23.3. The minimum Gasteiger partial charge on any atom is -0.273 e. The molecule has 4 aromatic carbocycles. The highest BCUT2D eigenvalue weighted by Crippen LogP contribution is 2.26. The van der Waals surface area contributed by atoms with Crippen molar-refractivity contribution in [3.8, 4) is 5.69 Å². The van der Waals surface area contributed by atoms with Gasteiger partial charge in [-0.3, -0.25) is 4.57 Å². The van der Waals surface area contributed by atoms with Gasteiger partial charge < -0.3 is 0 Å². The predicted molar refractivity (Wildman–Crippen MR) is 140 cm³/mol. The highest BCUT2D eigenvalue weighted by molar-refractivity contribution is 7.98. The molecule has 0 bridgehead atoms. The Bertz CT molecular complexity index is 1560. The lowest BCUT2D eigenvalue weighted by Gasteiger charge is -2.12. The SMILES string of the molecule is Cc1ccc(-n2c(CNS(=O)(=O)c3ccc4ccccc4c3)nnc2SCc2ccccc2)cc1. The molecule has 1 heterocycles. The fraction of sp³-hybridized carbons (Fsp3) is 0.111. The lowest BCUT2D eigenvalue weighted by Crippen LogP contribution is -2.25. The van der Waals surface area contributed by atoms with Crippen LogP contribution in [0.15, 0.2) is 107 Å². The molecule has 0 saturated heterocycles. The van der Waals surface area contributed by atoms with Crippen LogP contribution in [-0.4, -0.2) is 23.2 Å². The molecular weight excluding hydrogens is 476 g/mol. The number of sulfonamides is 1. The van der Waals surface area contributed by atoms with E-state index in [2.05, 4.69) is 27.1 Å². The summed E-state index contributed by atoms with van der Waals surface area (Å²) in [6.45, 7) is 2.04. The van der Waals surface area contributed by atoms with Crippen molar-refractivity contribution >= 4 is 32.6 Å². The van der Waals surface area contributed by atoms with E-state index in [9.17, 15) is 8.42 Å². The molecule has 1 N–H and O–H groups in total. The molecule has 0 aliphatic rings. The topological polar surface area (TPSA) is 76.9 Å². The molecule has 0 saturated carbocycles. The molecule has 6 nitrogen and oxygen atoms in total. The quantitative estimate of drug-likeness (QED) is 0.285. The second-order valence-corrected chi connectivity index (χ2v) is 10.9. The fourth-order valence-electron chi connectivity index (χ4n) is 3.76. The lowest BCUT2D eigenvalue weighted by molar-refractivity contribution is 0.578. The number of aryl methyl sites for hydroxylation is 1. The van der Waals surface area contributed by atoms with Gasteiger partial charge in [-0.1, -0.05) is 90.1 Å². The summed E-state index contributed by atoms with van der Waals surface area (Å²) in [5, 5.41) is 11.3. The number of rotatable bonds is 8. The summed E-state index contributed by atoms with van der Waals surface area (Å²) in [6.07, 6.45) is 0. The van der Waals surface area contributed by atoms with Crippen molar-refractivity contribution in [3.63, 3.8) is 0 Å². The number of thioether (sulfide) groups is 1. The Kier molecular flexibility index (Phi) is 6.68. The predicted octanol–water partition coefficient (Wildman–Crippen LogP) is 5.50. The van der Waals surface area contributed by atoms with Gasteiger partial charge in [0, 0.05) is 11.4 Å². The van der Waals surface area contributed by atoms with Crippen molar-refractivity contribution < 1.29 is 8.42 Å². The molecule has 0 aliphatic heterocycles. The zero-order valence-electron chi connectivity index (χ0n) is 19.1. The third kappa shape index (κ3) is 5.30. The maximum absolute atomic E-state index is 13.1. The number of nitrogens with one attached hydrogen (secondary N) is 1.